The van der Waals surface area contributed by atoms with E-state index in [0.717, 1.165) is 4.68 Å². The number of thioether (sulfide) groups is 1. The smallest absolute Gasteiger partial charge is 0.355 e. The molecule has 0 N–H and O–H groups in total. The number of halogens is 7. The Kier molecular flexibility index (Phi) is 7.81. The number of carbonyl (C=O) groups excluding carboxylic acids is 1. The van der Waals surface area contributed by atoms with Gasteiger partial charge in [-0.15, -0.1) is 5.10 Å². The van der Waals surface area contributed by atoms with Gasteiger partial charge in [-0.1, -0.05) is 34.1 Å². The molecule has 4 aromatic rings. The van der Waals surface area contributed by atoms with E-state index >= 15 is 0 Å². The van der Waals surface area contributed by atoms with Crippen molar-refractivity contribution >= 4 is 35.0 Å². The van der Waals surface area contributed by atoms with Gasteiger partial charge in [0.25, 0.3) is 0 Å². The van der Waals surface area contributed by atoms with Crippen molar-refractivity contribution in [2.45, 2.75) is 25.8 Å². The third-order valence-corrected chi connectivity index (χ3v) is 7.69. The van der Waals surface area contributed by atoms with Crippen LogP contribution in [0.5, 0.6) is 0 Å². The first-order chi connectivity index (χ1) is 19.3. The highest BCUT2D eigenvalue weighted by atomic mass is 35.5. The van der Waals surface area contributed by atoms with E-state index in [1.54, 1.807) is 47.9 Å². The first-order valence-corrected chi connectivity index (χ1v) is 13.7. The van der Waals surface area contributed by atoms with Gasteiger partial charge in [0.2, 0.25) is 5.78 Å². The SMILES string of the molecule is Cc1noc(-c2ccccc2Cl)c1C(=O)c1nnn(Cc2cc(C(F)(F)F)cc(C(F)(F)F)c2)c1N1CCSCC1. The fourth-order valence-corrected chi connectivity index (χ4v) is 5.64. The Bertz CT molecular complexity index is 1560. The normalized spacial score (nSPS) is 14.5. The quantitative estimate of drug-likeness (QED) is 0.175. The Morgan fingerprint density at radius 3 is 2.27 bits per heavy atom. The van der Waals surface area contributed by atoms with Crippen LogP contribution in [0.25, 0.3) is 11.3 Å². The van der Waals surface area contributed by atoms with Crippen molar-refractivity contribution in [3.8, 4) is 11.3 Å². The molecule has 1 aliphatic heterocycles. The van der Waals surface area contributed by atoms with E-state index in [0.29, 0.717) is 47.3 Å². The summed E-state index contributed by atoms with van der Waals surface area (Å²) in [5, 5.41) is 12.3. The van der Waals surface area contributed by atoms with Crippen LogP contribution in [-0.2, 0) is 18.9 Å². The molecule has 0 atom stereocenters. The summed E-state index contributed by atoms with van der Waals surface area (Å²) in [6.45, 7) is 1.97. The van der Waals surface area contributed by atoms with E-state index in [4.69, 9.17) is 16.1 Å². The van der Waals surface area contributed by atoms with E-state index in [-0.39, 0.29) is 40.2 Å². The summed E-state index contributed by atoms with van der Waals surface area (Å²) < 4.78 is 87.4. The molecule has 1 aliphatic rings. The first-order valence-electron chi connectivity index (χ1n) is 12.1. The second-order valence-electron chi connectivity index (χ2n) is 9.21. The molecule has 0 radical (unpaired) electrons. The zero-order chi connectivity index (χ0) is 29.5. The monoisotopic (exact) mass is 615 g/mol. The minimum Gasteiger partial charge on any atom is -0.355 e. The zero-order valence-electron chi connectivity index (χ0n) is 21.2. The third-order valence-electron chi connectivity index (χ3n) is 6.42. The topological polar surface area (TPSA) is 77.0 Å². The van der Waals surface area contributed by atoms with Gasteiger partial charge in [0.1, 0.15) is 0 Å². The van der Waals surface area contributed by atoms with Crippen LogP contribution in [0.4, 0.5) is 32.2 Å². The standard InChI is InChI=1S/C26H20ClF6N5O2S/c1-14-20(23(40-35-14)18-4-2-3-5-19(18)27)22(39)21-24(37-6-8-41-9-7-37)38(36-34-21)13-15-10-16(25(28,29)30)12-17(11-15)26(31,32)33/h2-5,10-12H,6-9,13H2,1H3. The van der Waals surface area contributed by atoms with Crippen LogP contribution < -0.4 is 4.90 Å². The molecule has 1 saturated heterocycles. The van der Waals surface area contributed by atoms with Crippen molar-refractivity contribution in [1.29, 1.82) is 0 Å². The van der Waals surface area contributed by atoms with Crippen molar-refractivity contribution in [1.82, 2.24) is 20.2 Å². The lowest BCUT2D eigenvalue weighted by Gasteiger charge is -2.29. The van der Waals surface area contributed by atoms with Crippen molar-refractivity contribution in [3.05, 3.63) is 81.1 Å². The Balaban J connectivity index is 1.61. The van der Waals surface area contributed by atoms with Gasteiger partial charge in [-0.25, -0.2) is 4.68 Å². The molecule has 0 spiro atoms. The second kappa shape index (κ2) is 11.0. The van der Waals surface area contributed by atoms with Gasteiger partial charge >= 0.3 is 12.4 Å². The molecular formula is C26H20ClF6N5O2S. The molecule has 0 aliphatic carbocycles. The zero-order valence-corrected chi connectivity index (χ0v) is 22.8. The van der Waals surface area contributed by atoms with Crippen molar-refractivity contribution in [3.63, 3.8) is 0 Å². The number of hydrogen-bond donors (Lipinski definition) is 0. The lowest BCUT2D eigenvalue weighted by molar-refractivity contribution is -0.143. The average Bonchev–Trinajstić information content (AvgIpc) is 3.51. The molecular weight excluding hydrogens is 596 g/mol. The number of benzene rings is 2. The fraction of sp³-hybridized carbons (Fsp3) is 0.308. The minimum atomic E-state index is -5.01. The van der Waals surface area contributed by atoms with Gasteiger partial charge in [-0.3, -0.25) is 4.79 Å². The van der Waals surface area contributed by atoms with Crippen LogP contribution in [0.3, 0.4) is 0 Å². The Hall–Kier alpha value is -3.52. The molecule has 0 bridgehead atoms. The van der Waals surface area contributed by atoms with Crippen LogP contribution in [0.1, 0.15) is 38.4 Å². The molecule has 3 heterocycles. The van der Waals surface area contributed by atoms with Gasteiger partial charge < -0.3 is 9.42 Å². The number of alkyl halides is 6. The summed E-state index contributed by atoms with van der Waals surface area (Å²) in [5.74, 6) is 1.00. The largest absolute Gasteiger partial charge is 0.416 e. The molecule has 41 heavy (non-hydrogen) atoms. The molecule has 2 aromatic carbocycles. The molecule has 1 fully saturated rings. The number of carbonyl (C=O) groups is 1. The summed E-state index contributed by atoms with van der Waals surface area (Å²) in [4.78, 5) is 15.7. The number of ketones is 1. The first kappa shape index (κ1) is 29.0. The molecule has 7 nitrogen and oxygen atoms in total. The minimum absolute atomic E-state index is 0.0630. The number of aromatic nitrogens is 4. The van der Waals surface area contributed by atoms with Crippen LogP contribution in [0.15, 0.2) is 47.0 Å². The van der Waals surface area contributed by atoms with Gasteiger partial charge in [0.05, 0.1) is 34.0 Å². The Labute approximate surface area is 238 Å². The third kappa shape index (κ3) is 5.94. The highest BCUT2D eigenvalue weighted by molar-refractivity contribution is 7.99. The summed E-state index contributed by atoms with van der Waals surface area (Å²) >= 11 is 7.99. The van der Waals surface area contributed by atoms with Crippen molar-refractivity contribution in [2.75, 3.05) is 29.5 Å². The van der Waals surface area contributed by atoms with E-state index < -0.39 is 35.8 Å². The van der Waals surface area contributed by atoms with Crippen molar-refractivity contribution < 1.29 is 35.7 Å². The number of rotatable bonds is 6. The summed E-state index contributed by atoms with van der Waals surface area (Å²) in [7, 11) is 0. The lowest BCUT2D eigenvalue weighted by Crippen LogP contribution is -2.35. The van der Waals surface area contributed by atoms with Gasteiger partial charge in [-0.05, 0) is 42.8 Å². The van der Waals surface area contributed by atoms with Gasteiger partial charge in [0.15, 0.2) is 17.3 Å². The molecule has 0 unspecified atom stereocenters. The molecule has 15 heteroatoms. The highest BCUT2D eigenvalue weighted by Gasteiger charge is 2.37. The maximum absolute atomic E-state index is 13.9. The van der Waals surface area contributed by atoms with Crippen LogP contribution >= 0.6 is 23.4 Å². The molecule has 5 rings (SSSR count). The van der Waals surface area contributed by atoms with Crippen LogP contribution in [-0.4, -0.2) is 50.5 Å². The highest BCUT2D eigenvalue weighted by Crippen LogP contribution is 2.38. The van der Waals surface area contributed by atoms with Gasteiger partial charge in [-0.2, -0.15) is 38.1 Å². The predicted molar refractivity (Wildman–Crippen MR) is 140 cm³/mol. The molecule has 0 saturated carbocycles. The van der Waals surface area contributed by atoms with E-state index in [1.807, 2.05) is 0 Å². The lowest BCUT2D eigenvalue weighted by atomic mass is 10.0. The number of hydrogen-bond acceptors (Lipinski definition) is 7. The Morgan fingerprint density at radius 1 is 1.02 bits per heavy atom. The molecule has 216 valence electrons. The Morgan fingerprint density at radius 2 is 1.66 bits per heavy atom. The average molecular weight is 616 g/mol. The molecule has 2 aromatic heterocycles. The van der Waals surface area contributed by atoms with Crippen molar-refractivity contribution in [2.24, 2.45) is 0 Å². The number of aryl methyl sites for hydroxylation is 1. The molecule has 0 amide bonds. The van der Waals surface area contributed by atoms with E-state index in [2.05, 4.69) is 15.5 Å². The summed E-state index contributed by atoms with van der Waals surface area (Å²) in [6.07, 6.45) is -10.0. The van der Waals surface area contributed by atoms with Crippen LogP contribution in [0, 0.1) is 6.92 Å². The van der Waals surface area contributed by atoms with E-state index in [9.17, 15) is 31.1 Å². The summed E-state index contributed by atoms with van der Waals surface area (Å²) in [6, 6.07) is 7.98. The maximum Gasteiger partial charge on any atom is 0.416 e. The second-order valence-corrected chi connectivity index (χ2v) is 10.8. The van der Waals surface area contributed by atoms with Crippen LogP contribution in [0.2, 0.25) is 5.02 Å². The summed E-state index contributed by atoms with van der Waals surface area (Å²) in [5.41, 5.74) is -2.62. The van der Waals surface area contributed by atoms with E-state index in [1.165, 1.54) is 0 Å². The predicted octanol–water partition coefficient (Wildman–Crippen LogP) is 6.77. The van der Waals surface area contributed by atoms with Gasteiger partial charge in [0, 0.05) is 30.2 Å². The number of anilines is 1. The number of nitrogens with zero attached hydrogens (tertiary/aromatic N) is 5. The maximum atomic E-state index is 13.9. The fourth-order valence-electron chi connectivity index (χ4n) is 4.52.